The minimum atomic E-state index is -1.03. The number of carbonyl (C=O) groups is 1. The highest BCUT2D eigenvalue weighted by atomic mass is 19.2. The van der Waals surface area contributed by atoms with Gasteiger partial charge in [-0.2, -0.15) is 0 Å². The average Bonchev–Trinajstić information content (AvgIpc) is 2.88. The van der Waals surface area contributed by atoms with Crippen molar-refractivity contribution in [2.45, 2.75) is 6.04 Å². The van der Waals surface area contributed by atoms with Gasteiger partial charge in [0.15, 0.2) is 11.6 Å². The monoisotopic (exact) mass is 307 g/mol. The van der Waals surface area contributed by atoms with Crippen molar-refractivity contribution in [3.63, 3.8) is 0 Å². The van der Waals surface area contributed by atoms with E-state index in [4.69, 9.17) is 0 Å². The number of hydrogen-bond acceptors (Lipinski definition) is 2. The van der Waals surface area contributed by atoms with Gasteiger partial charge in [0.05, 0.1) is 6.04 Å². The lowest BCUT2D eigenvalue weighted by atomic mass is 10.1. The summed E-state index contributed by atoms with van der Waals surface area (Å²) in [5, 5.41) is 2.76. The first kappa shape index (κ1) is 16.2. The number of nitrogens with zero attached hydrogens (tertiary/aromatic N) is 2. The van der Waals surface area contributed by atoms with E-state index in [0.717, 1.165) is 17.8 Å². The summed E-state index contributed by atoms with van der Waals surface area (Å²) < 4.78 is 28.1. The van der Waals surface area contributed by atoms with E-state index in [1.165, 1.54) is 6.07 Å². The van der Waals surface area contributed by atoms with Crippen molar-refractivity contribution < 1.29 is 13.6 Å². The molecule has 0 saturated carbocycles. The van der Waals surface area contributed by atoms with Gasteiger partial charge in [-0.3, -0.25) is 9.69 Å². The molecule has 0 fully saturated rings. The summed E-state index contributed by atoms with van der Waals surface area (Å²) in [6.45, 7) is 0.364. The van der Waals surface area contributed by atoms with Crippen molar-refractivity contribution in [2.75, 3.05) is 20.6 Å². The second-order valence-electron chi connectivity index (χ2n) is 5.36. The van der Waals surface area contributed by atoms with Gasteiger partial charge in [0.2, 0.25) is 0 Å². The van der Waals surface area contributed by atoms with Crippen LogP contribution in [0.3, 0.4) is 0 Å². The Morgan fingerprint density at radius 3 is 2.55 bits per heavy atom. The van der Waals surface area contributed by atoms with Gasteiger partial charge in [0, 0.05) is 31.0 Å². The third kappa shape index (κ3) is 3.51. The van der Waals surface area contributed by atoms with Crippen LogP contribution in [0.25, 0.3) is 0 Å². The van der Waals surface area contributed by atoms with Crippen molar-refractivity contribution >= 4 is 5.91 Å². The Bertz CT molecular complexity index is 667. The molecule has 0 bridgehead atoms. The molecule has 1 N–H and O–H groups in total. The van der Waals surface area contributed by atoms with Crippen LogP contribution >= 0.6 is 0 Å². The van der Waals surface area contributed by atoms with Crippen LogP contribution in [0.2, 0.25) is 0 Å². The van der Waals surface area contributed by atoms with E-state index in [1.54, 1.807) is 0 Å². The number of benzene rings is 1. The fourth-order valence-corrected chi connectivity index (χ4v) is 2.30. The zero-order valence-electron chi connectivity index (χ0n) is 12.8. The van der Waals surface area contributed by atoms with Crippen LogP contribution in [-0.4, -0.2) is 36.0 Å². The Kier molecular flexibility index (Phi) is 4.92. The number of amides is 1. The maximum atomic E-state index is 13.2. The molecular weight excluding hydrogens is 288 g/mol. The molecule has 6 heteroatoms. The lowest BCUT2D eigenvalue weighted by Crippen LogP contribution is -2.35. The number of hydrogen-bond donors (Lipinski definition) is 1. The Hall–Kier alpha value is -2.21. The molecule has 1 aromatic carbocycles. The summed E-state index contributed by atoms with van der Waals surface area (Å²) in [6.07, 6.45) is 1.93. The lowest BCUT2D eigenvalue weighted by Gasteiger charge is -2.25. The first-order valence-electron chi connectivity index (χ1n) is 6.91. The highest BCUT2D eigenvalue weighted by Gasteiger charge is 2.18. The van der Waals surface area contributed by atoms with E-state index in [0.29, 0.717) is 6.54 Å². The average molecular weight is 307 g/mol. The van der Waals surface area contributed by atoms with Crippen molar-refractivity contribution in [2.24, 2.45) is 7.05 Å². The molecule has 22 heavy (non-hydrogen) atoms. The minimum absolute atomic E-state index is 0.0192. The molecule has 0 aliphatic rings. The molecular formula is C16H19F2N3O. The summed E-state index contributed by atoms with van der Waals surface area (Å²) in [6, 6.07) is 7.01. The smallest absolute Gasteiger partial charge is 0.251 e. The fourth-order valence-electron chi connectivity index (χ4n) is 2.30. The molecule has 0 saturated heterocycles. The first-order valence-corrected chi connectivity index (χ1v) is 6.91. The van der Waals surface area contributed by atoms with Crippen molar-refractivity contribution in [1.29, 1.82) is 0 Å². The van der Waals surface area contributed by atoms with E-state index >= 15 is 0 Å². The molecule has 0 aliphatic heterocycles. The molecule has 1 aromatic heterocycles. The number of rotatable bonds is 5. The van der Waals surface area contributed by atoms with E-state index in [2.05, 4.69) is 5.32 Å². The van der Waals surface area contributed by atoms with Crippen molar-refractivity contribution in [3.05, 3.63) is 59.4 Å². The zero-order valence-corrected chi connectivity index (χ0v) is 12.8. The quantitative estimate of drug-likeness (QED) is 0.920. The highest BCUT2D eigenvalue weighted by molar-refractivity contribution is 5.94. The molecule has 1 amide bonds. The third-order valence-electron chi connectivity index (χ3n) is 3.59. The largest absolute Gasteiger partial charge is 0.353 e. The van der Waals surface area contributed by atoms with Crippen LogP contribution in [0.1, 0.15) is 22.1 Å². The molecule has 2 rings (SSSR count). The Labute approximate surface area is 128 Å². The van der Waals surface area contributed by atoms with Crippen LogP contribution < -0.4 is 5.32 Å². The van der Waals surface area contributed by atoms with Gasteiger partial charge in [-0.05, 0) is 44.4 Å². The van der Waals surface area contributed by atoms with Crippen LogP contribution in [-0.2, 0) is 7.05 Å². The van der Waals surface area contributed by atoms with Crippen LogP contribution in [0.5, 0.6) is 0 Å². The maximum Gasteiger partial charge on any atom is 0.251 e. The highest BCUT2D eigenvalue weighted by Crippen LogP contribution is 2.17. The minimum Gasteiger partial charge on any atom is -0.353 e. The number of nitrogens with one attached hydrogen (secondary N) is 1. The predicted molar refractivity (Wildman–Crippen MR) is 80.5 cm³/mol. The molecule has 0 spiro atoms. The first-order chi connectivity index (χ1) is 10.4. The van der Waals surface area contributed by atoms with E-state index in [9.17, 15) is 13.6 Å². The van der Waals surface area contributed by atoms with E-state index in [-0.39, 0.29) is 11.6 Å². The third-order valence-corrected chi connectivity index (χ3v) is 3.59. The van der Waals surface area contributed by atoms with Gasteiger partial charge in [0.1, 0.15) is 0 Å². The summed E-state index contributed by atoms with van der Waals surface area (Å²) in [5.41, 5.74) is 1.15. The topological polar surface area (TPSA) is 37.3 Å². The number of aromatic nitrogens is 1. The van der Waals surface area contributed by atoms with Crippen molar-refractivity contribution in [1.82, 2.24) is 14.8 Å². The van der Waals surface area contributed by atoms with Gasteiger partial charge in [-0.1, -0.05) is 0 Å². The Morgan fingerprint density at radius 1 is 1.27 bits per heavy atom. The standard InChI is InChI=1S/C16H19F2N3O/c1-20(2)15(14-5-4-8-21(14)3)10-19-16(22)11-6-7-12(17)13(18)9-11/h4-9,15H,10H2,1-3H3,(H,19,22). The van der Waals surface area contributed by atoms with E-state index in [1.807, 2.05) is 48.9 Å². The van der Waals surface area contributed by atoms with E-state index < -0.39 is 17.5 Å². The molecule has 0 radical (unpaired) electrons. The Balaban J connectivity index is 2.08. The number of likely N-dealkylation sites (N-methyl/N-ethyl adjacent to an activating group) is 1. The summed E-state index contributed by atoms with van der Waals surface area (Å²) >= 11 is 0. The SMILES string of the molecule is CN(C)C(CNC(=O)c1ccc(F)c(F)c1)c1cccn1C. The second-order valence-corrected chi connectivity index (χ2v) is 5.36. The van der Waals surface area contributed by atoms with Gasteiger partial charge < -0.3 is 9.88 Å². The van der Waals surface area contributed by atoms with Gasteiger partial charge in [-0.25, -0.2) is 8.78 Å². The lowest BCUT2D eigenvalue weighted by molar-refractivity contribution is 0.0940. The zero-order chi connectivity index (χ0) is 16.3. The predicted octanol–water partition coefficient (Wildman–Crippen LogP) is 2.34. The second kappa shape index (κ2) is 6.70. The van der Waals surface area contributed by atoms with Crippen LogP contribution in [0.4, 0.5) is 8.78 Å². The summed E-state index contributed by atoms with van der Waals surface area (Å²) in [7, 11) is 5.77. The fraction of sp³-hybridized carbons (Fsp3) is 0.312. The molecule has 2 aromatic rings. The Morgan fingerprint density at radius 2 is 2.00 bits per heavy atom. The van der Waals surface area contributed by atoms with Crippen LogP contribution in [0, 0.1) is 11.6 Å². The molecule has 118 valence electrons. The summed E-state index contributed by atoms with van der Waals surface area (Å²) in [5.74, 6) is -2.43. The van der Waals surface area contributed by atoms with Gasteiger partial charge >= 0.3 is 0 Å². The molecule has 0 aliphatic carbocycles. The van der Waals surface area contributed by atoms with Gasteiger partial charge in [0.25, 0.3) is 5.91 Å². The summed E-state index contributed by atoms with van der Waals surface area (Å²) in [4.78, 5) is 14.1. The van der Waals surface area contributed by atoms with Gasteiger partial charge in [-0.15, -0.1) is 0 Å². The number of aryl methyl sites for hydroxylation is 1. The van der Waals surface area contributed by atoms with Crippen LogP contribution in [0.15, 0.2) is 36.5 Å². The molecule has 1 atom stereocenters. The normalized spacial score (nSPS) is 12.5. The maximum absolute atomic E-state index is 13.2. The molecule has 1 heterocycles. The number of halogens is 2. The molecule has 4 nitrogen and oxygen atoms in total. The van der Waals surface area contributed by atoms with Crippen molar-refractivity contribution in [3.8, 4) is 0 Å². The number of carbonyl (C=O) groups excluding carboxylic acids is 1. The molecule has 1 unspecified atom stereocenters.